The molecule has 22 heavy (non-hydrogen) atoms. The van der Waals surface area contributed by atoms with Crippen LogP contribution in [0.2, 0.25) is 0 Å². The van der Waals surface area contributed by atoms with E-state index in [1.54, 1.807) is 12.1 Å². The van der Waals surface area contributed by atoms with Crippen molar-refractivity contribution < 1.29 is 29.4 Å². The van der Waals surface area contributed by atoms with Crippen molar-refractivity contribution in [3.63, 3.8) is 0 Å². The second-order valence-corrected chi connectivity index (χ2v) is 4.14. The highest BCUT2D eigenvalue weighted by Crippen LogP contribution is 2.37. The zero-order valence-corrected chi connectivity index (χ0v) is 11.1. The molecule has 0 aliphatic carbocycles. The Balaban J connectivity index is 2.33. The molecule has 8 nitrogen and oxygen atoms in total. The number of phenols is 1. The molecule has 0 unspecified atom stereocenters. The van der Waals surface area contributed by atoms with Gasteiger partial charge in [-0.05, 0) is 18.2 Å². The number of nitrogens with zero attached hydrogens (tertiary/aromatic N) is 1. The smallest absolute Gasteiger partial charge is 0.341 e. The number of aromatic hydroxyl groups is 1. The molecule has 114 valence electrons. The van der Waals surface area contributed by atoms with Crippen molar-refractivity contribution in [3.8, 4) is 23.0 Å². The van der Waals surface area contributed by atoms with Gasteiger partial charge in [-0.15, -0.1) is 0 Å². The van der Waals surface area contributed by atoms with Crippen LogP contribution in [0.25, 0.3) is 0 Å². The van der Waals surface area contributed by atoms with E-state index in [-0.39, 0.29) is 28.7 Å². The van der Waals surface area contributed by atoms with E-state index < -0.39 is 17.5 Å². The van der Waals surface area contributed by atoms with Gasteiger partial charge in [-0.1, -0.05) is 12.1 Å². The molecule has 0 aliphatic rings. The molecule has 0 aromatic heterocycles. The standard InChI is InChI=1S/C14H11NO7/c16-9-5-6-10(15(19)20)13(7-9)22-12-4-2-1-3-11(12)21-8-14(17)18/h1-7,16H,8H2,(H,17,18). The van der Waals surface area contributed by atoms with Gasteiger partial charge in [-0.3, -0.25) is 10.1 Å². The fourth-order valence-corrected chi connectivity index (χ4v) is 1.65. The SMILES string of the molecule is O=C(O)COc1ccccc1Oc1cc(O)ccc1[N+](=O)[O-]. The summed E-state index contributed by atoms with van der Waals surface area (Å²) in [5.74, 6) is -1.35. The van der Waals surface area contributed by atoms with Gasteiger partial charge in [0.2, 0.25) is 5.75 Å². The number of carbonyl (C=O) groups is 1. The summed E-state index contributed by atoms with van der Waals surface area (Å²) in [5, 5.41) is 29.0. The molecule has 0 atom stereocenters. The fraction of sp³-hybridized carbons (Fsp3) is 0.0714. The minimum absolute atomic E-state index is 0.0949. The largest absolute Gasteiger partial charge is 0.508 e. The monoisotopic (exact) mass is 305 g/mol. The highest BCUT2D eigenvalue weighted by Gasteiger charge is 2.18. The topological polar surface area (TPSA) is 119 Å². The first-order valence-corrected chi connectivity index (χ1v) is 6.06. The minimum atomic E-state index is -1.17. The minimum Gasteiger partial charge on any atom is -0.508 e. The van der Waals surface area contributed by atoms with Crippen molar-refractivity contribution in [1.82, 2.24) is 0 Å². The summed E-state index contributed by atoms with van der Waals surface area (Å²) in [6, 6.07) is 9.48. The Hall–Kier alpha value is -3.29. The fourth-order valence-electron chi connectivity index (χ4n) is 1.65. The zero-order chi connectivity index (χ0) is 16.1. The van der Waals surface area contributed by atoms with Gasteiger partial charge in [0, 0.05) is 12.1 Å². The van der Waals surface area contributed by atoms with Gasteiger partial charge >= 0.3 is 11.7 Å². The van der Waals surface area contributed by atoms with Gasteiger partial charge in [0.25, 0.3) is 0 Å². The lowest BCUT2D eigenvalue weighted by Gasteiger charge is -2.11. The molecule has 2 rings (SSSR count). The van der Waals surface area contributed by atoms with Gasteiger partial charge in [0.05, 0.1) is 4.92 Å². The zero-order valence-electron chi connectivity index (χ0n) is 11.1. The number of rotatable bonds is 6. The Morgan fingerprint density at radius 3 is 2.45 bits per heavy atom. The van der Waals surface area contributed by atoms with E-state index in [0.717, 1.165) is 18.2 Å². The second kappa shape index (κ2) is 6.44. The quantitative estimate of drug-likeness (QED) is 0.621. The van der Waals surface area contributed by atoms with E-state index >= 15 is 0 Å². The van der Waals surface area contributed by atoms with Crippen LogP contribution in [0.5, 0.6) is 23.0 Å². The Morgan fingerprint density at radius 1 is 1.14 bits per heavy atom. The van der Waals surface area contributed by atoms with Gasteiger partial charge in [-0.2, -0.15) is 0 Å². The number of carboxylic acids is 1. The molecule has 0 radical (unpaired) electrons. The van der Waals surface area contributed by atoms with E-state index in [9.17, 15) is 20.0 Å². The molecule has 0 fully saturated rings. The Labute approximate surface area is 124 Å². The Kier molecular flexibility index (Phi) is 4.42. The predicted molar refractivity (Wildman–Crippen MR) is 74.4 cm³/mol. The molecule has 0 bridgehead atoms. The van der Waals surface area contributed by atoms with Crippen LogP contribution < -0.4 is 9.47 Å². The summed E-state index contributed by atoms with van der Waals surface area (Å²) in [6.07, 6.45) is 0. The molecule has 0 saturated carbocycles. The molecule has 0 amide bonds. The number of phenolic OH excluding ortho intramolecular Hbond substituents is 1. The average Bonchev–Trinajstić information content (AvgIpc) is 2.46. The summed E-state index contributed by atoms with van der Waals surface area (Å²) in [7, 11) is 0. The summed E-state index contributed by atoms with van der Waals surface area (Å²) in [6.45, 7) is -0.581. The number of carboxylic acid groups (broad SMARTS) is 1. The van der Waals surface area contributed by atoms with E-state index in [4.69, 9.17) is 14.6 Å². The third kappa shape index (κ3) is 3.63. The number of hydrogen-bond acceptors (Lipinski definition) is 6. The third-order valence-electron chi connectivity index (χ3n) is 2.56. The maximum absolute atomic E-state index is 11.0. The van der Waals surface area contributed by atoms with Gasteiger partial charge in [-0.25, -0.2) is 4.79 Å². The van der Waals surface area contributed by atoms with Crippen LogP contribution in [0.15, 0.2) is 42.5 Å². The molecule has 0 saturated heterocycles. The summed E-state index contributed by atoms with van der Waals surface area (Å²) in [5.41, 5.74) is -0.342. The number of benzene rings is 2. The predicted octanol–water partition coefficient (Wildman–Crippen LogP) is 2.56. The van der Waals surface area contributed by atoms with Crippen LogP contribution in [0, 0.1) is 10.1 Å². The molecule has 2 N–H and O–H groups in total. The van der Waals surface area contributed by atoms with Crippen molar-refractivity contribution in [2.75, 3.05) is 6.61 Å². The normalized spacial score (nSPS) is 10.0. The van der Waals surface area contributed by atoms with E-state index in [1.807, 2.05) is 0 Å². The first kappa shape index (κ1) is 15.1. The van der Waals surface area contributed by atoms with Crippen LogP contribution in [-0.4, -0.2) is 27.7 Å². The Bertz CT molecular complexity index is 714. The highest BCUT2D eigenvalue weighted by molar-refractivity contribution is 5.68. The van der Waals surface area contributed by atoms with Crippen molar-refractivity contribution in [3.05, 3.63) is 52.6 Å². The number of nitro benzene ring substituents is 1. The maximum Gasteiger partial charge on any atom is 0.341 e. The lowest BCUT2D eigenvalue weighted by atomic mass is 10.2. The summed E-state index contributed by atoms with van der Waals surface area (Å²) < 4.78 is 10.4. The van der Waals surface area contributed by atoms with Crippen molar-refractivity contribution in [1.29, 1.82) is 0 Å². The van der Waals surface area contributed by atoms with Gasteiger partial charge in [0.1, 0.15) is 5.75 Å². The number of aliphatic carboxylic acids is 1. The molecule has 2 aromatic rings. The molecule has 0 spiro atoms. The van der Waals surface area contributed by atoms with Gasteiger partial charge in [0.15, 0.2) is 18.1 Å². The van der Waals surface area contributed by atoms with Crippen LogP contribution >= 0.6 is 0 Å². The van der Waals surface area contributed by atoms with E-state index in [2.05, 4.69) is 0 Å². The van der Waals surface area contributed by atoms with Crippen molar-refractivity contribution in [2.45, 2.75) is 0 Å². The van der Waals surface area contributed by atoms with Crippen molar-refractivity contribution >= 4 is 11.7 Å². The highest BCUT2D eigenvalue weighted by atomic mass is 16.6. The second-order valence-electron chi connectivity index (χ2n) is 4.14. The van der Waals surface area contributed by atoms with Crippen LogP contribution in [-0.2, 0) is 4.79 Å². The first-order chi connectivity index (χ1) is 10.5. The average molecular weight is 305 g/mol. The summed E-state index contributed by atoms with van der Waals surface area (Å²) in [4.78, 5) is 20.8. The van der Waals surface area contributed by atoms with Crippen LogP contribution in [0.4, 0.5) is 5.69 Å². The lowest BCUT2D eigenvalue weighted by Crippen LogP contribution is -2.09. The number of hydrogen-bond donors (Lipinski definition) is 2. The number of nitro groups is 1. The molecular weight excluding hydrogens is 294 g/mol. The molecule has 8 heteroatoms. The van der Waals surface area contributed by atoms with E-state index in [0.29, 0.717) is 0 Å². The van der Waals surface area contributed by atoms with Gasteiger partial charge < -0.3 is 19.7 Å². The summed E-state index contributed by atoms with van der Waals surface area (Å²) >= 11 is 0. The molecular formula is C14H11NO7. The molecule has 2 aromatic carbocycles. The maximum atomic E-state index is 11.0. The molecule has 0 heterocycles. The first-order valence-electron chi connectivity index (χ1n) is 6.06. The van der Waals surface area contributed by atoms with Crippen LogP contribution in [0.1, 0.15) is 0 Å². The Morgan fingerprint density at radius 2 is 1.82 bits per heavy atom. The van der Waals surface area contributed by atoms with Crippen LogP contribution in [0.3, 0.4) is 0 Å². The van der Waals surface area contributed by atoms with Crippen molar-refractivity contribution in [2.24, 2.45) is 0 Å². The van der Waals surface area contributed by atoms with E-state index in [1.165, 1.54) is 12.1 Å². The number of ether oxygens (including phenoxy) is 2. The number of para-hydroxylation sites is 2. The third-order valence-corrected chi connectivity index (χ3v) is 2.56. The lowest BCUT2D eigenvalue weighted by molar-refractivity contribution is -0.385. The molecule has 0 aliphatic heterocycles.